The first kappa shape index (κ1) is 12.6. The van der Waals surface area contributed by atoms with Crippen molar-refractivity contribution in [2.75, 3.05) is 0 Å². The van der Waals surface area contributed by atoms with E-state index in [0.717, 1.165) is 6.92 Å². The van der Waals surface area contributed by atoms with Crippen molar-refractivity contribution in [2.24, 2.45) is 0 Å². The third-order valence-corrected chi connectivity index (χ3v) is 2.28. The maximum atomic E-state index is 11.3. The quantitative estimate of drug-likeness (QED) is 0.741. The Morgan fingerprint density at radius 3 is 2.25 bits per heavy atom. The van der Waals surface area contributed by atoms with Gasteiger partial charge in [-0.2, -0.15) is 8.42 Å². The monoisotopic (exact) mass is 246 g/mol. The van der Waals surface area contributed by atoms with Gasteiger partial charge in [0.05, 0.1) is 0 Å². The van der Waals surface area contributed by atoms with Crippen molar-refractivity contribution < 1.29 is 27.1 Å². The first-order valence-corrected chi connectivity index (χ1v) is 5.59. The van der Waals surface area contributed by atoms with E-state index in [1.807, 2.05) is 0 Å². The van der Waals surface area contributed by atoms with E-state index in [1.54, 1.807) is 18.2 Å². The number of carbonyl (C=O) groups excluding carboxylic acids is 1. The highest BCUT2D eigenvalue weighted by Crippen LogP contribution is 2.22. The molecule has 6 nitrogen and oxygen atoms in total. The Hall–Kier alpha value is -1.44. The summed E-state index contributed by atoms with van der Waals surface area (Å²) < 4.78 is 32.7. The van der Waals surface area contributed by atoms with E-state index in [-0.39, 0.29) is 5.56 Å². The van der Waals surface area contributed by atoms with E-state index in [1.165, 1.54) is 12.1 Å². The van der Waals surface area contributed by atoms with Gasteiger partial charge in [0.1, 0.15) is 0 Å². The van der Waals surface area contributed by atoms with Crippen LogP contribution in [0.25, 0.3) is 0 Å². The summed E-state index contributed by atoms with van der Waals surface area (Å²) in [5.41, 5.74) is -1.99. The lowest BCUT2D eigenvalue weighted by molar-refractivity contribution is -0.154. The molecule has 1 rings (SSSR count). The molecule has 1 aromatic rings. The molecule has 0 aliphatic heterocycles. The van der Waals surface area contributed by atoms with Gasteiger partial charge in [-0.25, -0.2) is 4.79 Å². The zero-order valence-electron chi connectivity index (χ0n) is 8.32. The Labute approximate surface area is 92.4 Å². The fraction of sp³-hybridized carbons (Fsp3) is 0.222. The number of aliphatic hydroxyl groups is 1. The molecule has 2 N–H and O–H groups in total. The van der Waals surface area contributed by atoms with Crippen LogP contribution in [0, 0.1) is 0 Å². The molecule has 0 spiro atoms. The third-order valence-electron chi connectivity index (χ3n) is 1.91. The zero-order valence-corrected chi connectivity index (χ0v) is 9.14. The van der Waals surface area contributed by atoms with Gasteiger partial charge in [0.15, 0.2) is 5.60 Å². The molecule has 0 aliphatic carbocycles. The molecule has 0 saturated carbocycles. The molecule has 0 aliphatic rings. The van der Waals surface area contributed by atoms with Crippen molar-refractivity contribution in [2.45, 2.75) is 12.5 Å². The van der Waals surface area contributed by atoms with Crippen molar-refractivity contribution >= 4 is 16.4 Å². The van der Waals surface area contributed by atoms with Crippen molar-refractivity contribution in [1.82, 2.24) is 0 Å². The number of benzene rings is 1. The summed E-state index contributed by atoms with van der Waals surface area (Å²) in [7, 11) is -4.92. The Balaban J connectivity index is 2.99. The Morgan fingerprint density at radius 2 is 1.81 bits per heavy atom. The van der Waals surface area contributed by atoms with Gasteiger partial charge in [0, 0.05) is 0 Å². The zero-order chi connectivity index (χ0) is 12.4. The predicted molar refractivity (Wildman–Crippen MR) is 53.7 cm³/mol. The van der Waals surface area contributed by atoms with Gasteiger partial charge >= 0.3 is 16.4 Å². The highest BCUT2D eigenvalue weighted by Gasteiger charge is 2.36. The summed E-state index contributed by atoms with van der Waals surface area (Å²) in [6, 6.07) is 7.62. The minimum Gasteiger partial charge on any atom is -0.374 e. The summed E-state index contributed by atoms with van der Waals surface area (Å²) >= 11 is 0. The molecule has 1 unspecified atom stereocenters. The van der Waals surface area contributed by atoms with Crippen LogP contribution in [-0.2, 0) is 25.0 Å². The van der Waals surface area contributed by atoms with Gasteiger partial charge in [0.2, 0.25) is 0 Å². The Bertz CT molecular complexity index is 476. The molecule has 0 radical (unpaired) electrons. The molecular formula is C9H10O6S. The van der Waals surface area contributed by atoms with Crippen LogP contribution >= 0.6 is 0 Å². The molecule has 1 atom stereocenters. The fourth-order valence-electron chi connectivity index (χ4n) is 1.06. The first-order valence-electron chi connectivity index (χ1n) is 4.23. The van der Waals surface area contributed by atoms with Gasteiger partial charge in [-0.15, -0.1) is 0 Å². The molecule has 0 saturated heterocycles. The minimum absolute atomic E-state index is 0.156. The van der Waals surface area contributed by atoms with Crippen LogP contribution in [-0.4, -0.2) is 24.0 Å². The van der Waals surface area contributed by atoms with Gasteiger partial charge in [-0.1, -0.05) is 30.3 Å². The normalized spacial score (nSPS) is 15.2. The molecule has 88 valence electrons. The smallest absolute Gasteiger partial charge is 0.374 e. The summed E-state index contributed by atoms with van der Waals surface area (Å²) in [5, 5.41) is 9.77. The van der Waals surface area contributed by atoms with Crippen LogP contribution in [0.1, 0.15) is 12.5 Å². The third kappa shape index (κ3) is 3.02. The second-order valence-corrected chi connectivity index (χ2v) is 4.26. The van der Waals surface area contributed by atoms with Crippen LogP contribution in [0.3, 0.4) is 0 Å². The molecular weight excluding hydrogens is 236 g/mol. The van der Waals surface area contributed by atoms with Gasteiger partial charge in [-0.3, -0.25) is 4.55 Å². The number of rotatable bonds is 3. The van der Waals surface area contributed by atoms with Crippen molar-refractivity contribution in [1.29, 1.82) is 0 Å². The molecule has 1 aromatic carbocycles. The number of hydrogen-bond acceptors (Lipinski definition) is 5. The lowest BCUT2D eigenvalue weighted by atomic mass is 9.97. The van der Waals surface area contributed by atoms with Crippen LogP contribution in [0.2, 0.25) is 0 Å². The summed E-state index contributed by atoms with van der Waals surface area (Å²) in [5.74, 6) is -1.47. The van der Waals surface area contributed by atoms with Crippen molar-refractivity contribution in [3.05, 3.63) is 35.9 Å². The summed E-state index contributed by atoms with van der Waals surface area (Å²) in [6.45, 7) is 1.07. The van der Waals surface area contributed by atoms with Gasteiger partial charge in [-0.05, 0) is 12.5 Å². The second kappa shape index (κ2) is 4.20. The minimum atomic E-state index is -4.92. The average Bonchev–Trinajstić information content (AvgIpc) is 2.16. The van der Waals surface area contributed by atoms with E-state index in [9.17, 15) is 18.3 Å². The number of hydrogen-bond donors (Lipinski definition) is 2. The van der Waals surface area contributed by atoms with Crippen molar-refractivity contribution in [3.63, 3.8) is 0 Å². The topological polar surface area (TPSA) is 101 Å². The number of carbonyl (C=O) groups is 1. The average molecular weight is 246 g/mol. The lowest BCUT2D eigenvalue weighted by Crippen LogP contribution is -2.35. The van der Waals surface area contributed by atoms with E-state index >= 15 is 0 Å². The van der Waals surface area contributed by atoms with Crippen LogP contribution in [0.15, 0.2) is 30.3 Å². The largest absolute Gasteiger partial charge is 0.449 e. The van der Waals surface area contributed by atoms with Crippen LogP contribution in [0.4, 0.5) is 0 Å². The molecule has 7 heteroatoms. The highest BCUT2D eigenvalue weighted by molar-refractivity contribution is 7.81. The summed E-state index contributed by atoms with van der Waals surface area (Å²) in [4.78, 5) is 11.3. The molecule has 0 fully saturated rings. The second-order valence-electron chi connectivity index (χ2n) is 3.24. The van der Waals surface area contributed by atoms with E-state index in [4.69, 9.17) is 4.55 Å². The highest BCUT2D eigenvalue weighted by atomic mass is 32.3. The Kier molecular flexibility index (Phi) is 3.32. The van der Waals surface area contributed by atoms with Gasteiger partial charge < -0.3 is 9.29 Å². The van der Waals surface area contributed by atoms with E-state index < -0.39 is 22.0 Å². The van der Waals surface area contributed by atoms with Crippen molar-refractivity contribution in [3.8, 4) is 0 Å². The summed E-state index contributed by atoms with van der Waals surface area (Å²) in [6.07, 6.45) is 0. The van der Waals surface area contributed by atoms with Gasteiger partial charge in [0.25, 0.3) is 0 Å². The molecule has 0 amide bonds. The molecule has 16 heavy (non-hydrogen) atoms. The molecule has 0 bridgehead atoms. The maximum absolute atomic E-state index is 11.3. The SMILES string of the molecule is CC(O)(C(=O)OS(=O)(=O)O)c1ccccc1. The lowest BCUT2D eigenvalue weighted by Gasteiger charge is -2.20. The molecule has 0 heterocycles. The molecule has 0 aromatic heterocycles. The van der Waals surface area contributed by atoms with Crippen LogP contribution in [0.5, 0.6) is 0 Å². The van der Waals surface area contributed by atoms with E-state index in [0.29, 0.717) is 0 Å². The van der Waals surface area contributed by atoms with Crippen LogP contribution < -0.4 is 0 Å². The standard InChI is InChI=1S/C9H10O6S/c1-9(11,7-5-3-2-4-6-7)8(10)15-16(12,13)14/h2-6,11H,1H3,(H,12,13,14). The predicted octanol–water partition coefficient (Wildman–Crippen LogP) is 0.240. The van der Waals surface area contributed by atoms with E-state index in [2.05, 4.69) is 4.18 Å². The maximum Gasteiger partial charge on any atom is 0.449 e. The first-order chi connectivity index (χ1) is 7.23. The fourth-order valence-corrected chi connectivity index (χ4v) is 1.41. The Morgan fingerprint density at radius 1 is 1.31 bits per heavy atom.